The van der Waals surface area contributed by atoms with E-state index in [9.17, 15) is 0 Å². The number of hydrogen-bond acceptors (Lipinski definition) is 7. The van der Waals surface area contributed by atoms with Gasteiger partial charge in [-0.25, -0.2) is 9.97 Å². The van der Waals surface area contributed by atoms with Crippen molar-refractivity contribution in [1.82, 2.24) is 9.97 Å². The van der Waals surface area contributed by atoms with Crippen LogP contribution >= 0.6 is 0 Å². The molecule has 0 unspecified atom stereocenters. The number of fused-ring (bicyclic) bond motifs is 1. The second-order valence-corrected chi connectivity index (χ2v) is 8.54. The van der Waals surface area contributed by atoms with Crippen molar-refractivity contribution in [1.29, 1.82) is 0 Å². The maximum Gasteiger partial charge on any atom is 0.162 e. The number of nitrogens with zero attached hydrogens (tertiary/aromatic N) is 3. The van der Waals surface area contributed by atoms with Gasteiger partial charge in [0.1, 0.15) is 5.82 Å². The zero-order valence-corrected chi connectivity index (χ0v) is 21.8. The summed E-state index contributed by atoms with van der Waals surface area (Å²) in [6, 6.07) is 30.0. The summed E-state index contributed by atoms with van der Waals surface area (Å²) < 4.78 is 22.2. The number of hydrogen-bond donors (Lipinski definition) is 0. The van der Waals surface area contributed by atoms with Crippen molar-refractivity contribution in [3.63, 3.8) is 0 Å². The molecule has 0 aliphatic heterocycles. The van der Waals surface area contributed by atoms with E-state index >= 15 is 0 Å². The van der Waals surface area contributed by atoms with Gasteiger partial charge in [0.05, 0.1) is 46.2 Å². The van der Waals surface area contributed by atoms with Gasteiger partial charge in [0.2, 0.25) is 0 Å². The largest absolute Gasteiger partial charge is 0.493 e. The maximum atomic E-state index is 5.59. The Balaban J connectivity index is 1.70. The summed E-state index contributed by atoms with van der Waals surface area (Å²) in [6.07, 6.45) is 0. The zero-order valence-electron chi connectivity index (χ0n) is 21.8. The Morgan fingerprint density at radius 2 is 1.13 bits per heavy atom. The molecule has 38 heavy (non-hydrogen) atoms. The Hall–Kier alpha value is -4.78. The topological polar surface area (TPSA) is 65.9 Å². The zero-order chi connectivity index (χ0) is 26.5. The van der Waals surface area contributed by atoms with Crippen LogP contribution in [0.3, 0.4) is 0 Å². The van der Waals surface area contributed by atoms with Crippen LogP contribution in [-0.2, 0) is 6.54 Å². The van der Waals surface area contributed by atoms with Crippen molar-refractivity contribution < 1.29 is 18.9 Å². The number of benzene rings is 4. The lowest BCUT2D eigenvalue weighted by atomic mass is 10.0. The first kappa shape index (κ1) is 24.9. The second-order valence-electron chi connectivity index (χ2n) is 8.54. The van der Waals surface area contributed by atoms with E-state index in [0.717, 1.165) is 33.5 Å². The standard InChI is InChI=1S/C31H29N3O4/c1-35-26-16-15-21(17-27(26)36-2)31-24-18-28(37-3)29(38-4)19-25(24)32-30(33-31)20-34(22-11-7-5-8-12-22)23-13-9-6-10-14-23/h5-19H,20H2,1-4H3. The molecule has 0 aliphatic rings. The molecule has 0 radical (unpaired) electrons. The highest BCUT2D eigenvalue weighted by molar-refractivity contribution is 5.95. The molecule has 4 aromatic carbocycles. The highest BCUT2D eigenvalue weighted by Crippen LogP contribution is 2.38. The summed E-state index contributed by atoms with van der Waals surface area (Å²) >= 11 is 0. The molecule has 0 atom stereocenters. The smallest absolute Gasteiger partial charge is 0.162 e. The summed E-state index contributed by atoms with van der Waals surface area (Å²) in [4.78, 5) is 12.2. The van der Waals surface area contributed by atoms with Crippen molar-refractivity contribution in [2.75, 3.05) is 33.3 Å². The summed E-state index contributed by atoms with van der Waals surface area (Å²) in [6.45, 7) is 0.457. The predicted molar refractivity (Wildman–Crippen MR) is 150 cm³/mol. The number of rotatable bonds is 9. The van der Waals surface area contributed by atoms with Gasteiger partial charge >= 0.3 is 0 Å². The minimum Gasteiger partial charge on any atom is -0.493 e. The first-order valence-electron chi connectivity index (χ1n) is 12.2. The minimum absolute atomic E-state index is 0.457. The molecular weight excluding hydrogens is 478 g/mol. The quantitative estimate of drug-likeness (QED) is 0.221. The van der Waals surface area contributed by atoms with Crippen LogP contribution in [0.4, 0.5) is 11.4 Å². The van der Waals surface area contributed by atoms with Crippen LogP contribution in [0, 0.1) is 0 Å². The Morgan fingerprint density at radius 1 is 0.579 bits per heavy atom. The molecule has 0 bridgehead atoms. The van der Waals surface area contributed by atoms with Crippen LogP contribution in [0.2, 0.25) is 0 Å². The molecule has 0 saturated heterocycles. The number of para-hydroxylation sites is 2. The molecule has 1 aromatic heterocycles. The summed E-state index contributed by atoms with van der Waals surface area (Å²) in [5.74, 6) is 3.13. The SMILES string of the molecule is COc1ccc(-c2nc(CN(c3ccccc3)c3ccccc3)nc3cc(OC)c(OC)cc23)cc1OC. The third-order valence-electron chi connectivity index (χ3n) is 6.34. The van der Waals surface area contributed by atoms with Gasteiger partial charge in [-0.05, 0) is 48.5 Å². The van der Waals surface area contributed by atoms with Crippen molar-refractivity contribution in [3.8, 4) is 34.3 Å². The van der Waals surface area contributed by atoms with Crippen LogP contribution in [0.1, 0.15) is 5.82 Å². The van der Waals surface area contributed by atoms with E-state index < -0.39 is 0 Å². The molecule has 0 amide bonds. The fourth-order valence-electron chi connectivity index (χ4n) is 4.47. The molecule has 0 N–H and O–H groups in total. The lowest BCUT2D eigenvalue weighted by Gasteiger charge is -2.25. The Kier molecular flexibility index (Phi) is 7.26. The van der Waals surface area contributed by atoms with Crippen LogP contribution in [0.15, 0.2) is 91.0 Å². The van der Waals surface area contributed by atoms with Crippen molar-refractivity contribution in [2.24, 2.45) is 0 Å². The Morgan fingerprint density at radius 3 is 1.71 bits per heavy atom. The van der Waals surface area contributed by atoms with Gasteiger partial charge in [-0.1, -0.05) is 36.4 Å². The molecule has 0 spiro atoms. The number of methoxy groups -OCH3 is 4. The van der Waals surface area contributed by atoms with Crippen LogP contribution in [-0.4, -0.2) is 38.4 Å². The van der Waals surface area contributed by atoms with Gasteiger partial charge in [0, 0.05) is 28.4 Å². The normalized spacial score (nSPS) is 10.7. The molecule has 0 fully saturated rings. The monoisotopic (exact) mass is 507 g/mol. The van der Waals surface area contributed by atoms with E-state index in [1.54, 1.807) is 28.4 Å². The molecule has 192 valence electrons. The summed E-state index contributed by atoms with van der Waals surface area (Å²) in [5.41, 5.74) is 4.46. The molecule has 7 heteroatoms. The molecule has 5 rings (SSSR count). The van der Waals surface area contributed by atoms with Gasteiger partial charge in [0.25, 0.3) is 0 Å². The van der Waals surface area contributed by atoms with Gasteiger partial charge in [-0.15, -0.1) is 0 Å². The maximum absolute atomic E-state index is 5.59. The van der Waals surface area contributed by atoms with Crippen molar-refractivity contribution >= 4 is 22.3 Å². The third kappa shape index (κ3) is 4.91. The molecule has 0 saturated carbocycles. The minimum atomic E-state index is 0.457. The highest BCUT2D eigenvalue weighted by atomic mass is 16.5. The van der Waals surface area contributed by atoms with Gasteiger partial charge < -0.3 is 23.8 Å². The average Bonchev–Trinajstić information content (AvgIpc) is 2.99. The van der Waals surface area contributed by atoms with Crippen LogP contribution in [0.5, 0.6) is 23.0 Å². The summed E-state index contributed by atoms with van der Waals surface area (Å²) in [7, 11) is 6.48. The predicted octanol–water partition coefficient (Wildman–Crippen LogP) is 6.67. The molecule has 0 aliphatic carbocycles. The summed E-state index contributed by atoms with van der Waals surface area (Å²) in [5, 5.41) is 0.838. The first-order valence-corrected chi connectivity index (χ1v) is 12.2. The molecule has 5 aromatic rings. The van der Waals surface area contributed by atoms with Gasteiger partial charge in [-0.2, -0.15) is 0 Å². The van der Waals surface area contributed by atoms with Gasteiger partial charge in [-0.3, -0.25) is 0 Å². The van der Waals surface area contributed by atoms with E-state index in [0.29, 0.717) is 35.4 Å². The van der Waals surface area contributed by atoms with E-state index in [1.165, 1.54) is 0 Å². The fraction of sp³-hybridized carbons (Fsp3) is 0.161. The first-order chi connectivity index (χ1) is 18.6. The van der Waals surface area contributed by atoms with Crippen LogP contribution < -0.4 is 23.8 Å². The van der Waals surface area contributed by atoms with Crippen molar-refractivity contribution in [3.05, 3.63) is 96.8 Å². The van der Waals surface area contributed by atoms with Crippen LogP contribution in [0.25, 0.3) is 22.2 Å². The second kappa shape index (κ2) is 11.1. The molecular formula is C31H29N3O4. The third-order valence-corrected chi connectivity index (χ3v) is 6.34. The molecule has 1 heterocycles. The van der Waals surface area contributed by atoms with Gasteiger partial charge in [0.15, 0.2) is 23.0 Å². The van der Waals surface area contributed by atoms with E-state index in [-0.39, 0.29) is 0 Å². The highest BCUT2D eigenvalue weighted by Gasteiger charge is 2.18. The van der Waals surface area contributed by atoms with E-state index in [1.807, 2.05) is 66.7 Å². The lowest BCUT2D eigenvalue weighted by molar-refractivity contribution is 0.355. The lowest BCUT2D eigenvalue weighted by Crippen LogP contribution is -2.18. The van der Waals surface area contributed by atoms with Crippen molar-refractivity contribution in [2.45, 2.75) is 6.54 Å². The van der Waals surface area contributed by atoms with E-state index in [4.69, 9.17) is 28.9 Å². The average molecular weight is 508 g/mol. The number of ether oxygens (including phenoxy) is 4. The van der Waals surface area contributed by atoms with E-state index in [2.05, 4.69) is 29.2 Å². The Labute approximate surface area is 222 Å². The Bertz CT molecular complexity index is 1500. The fourth-order valence-corrected chi connectivity index (χ4v) is 4.47. The molecule has 7 nitrogen and oxygen atoms in total. The number of anilines is 2. The number of aromatic nitrogens is 2.